The molecule has 0 saturated carbocycles. The van der Waals surface area contributed by atoms with Crippen molar-refractivity contribution in [1.82, 2.24) is 30.8 Å². The standard InChI is InChI=1S/C22H40N6O2/c1-16(29)26-13-7-18(8-14-26)28-12-4-5-19(28)22-24-21(25-30-22)17-6-9-23-20(15-17)27-10-2-3-11-27/h17-25H,2-15H2,1H3/t17?,19-,20?,21?,22?/m0/s1. The van der Waals surface area contributed by atoms with Crippen LogP contribution in [0.4, 0.5) is 0 Å². The first-order valence-corrected chi connectivity index (χ1v) is 12.3. The second kappa shape index (κ2) is 9.38. The molecule has 0 aromatic carbocycles. The number of carbonyl (C=O) groups is 1. The number of hydrogen-bond acceptors (Lipinski definition) is 7. The van der Waals surface area contributed by atoms with Crippen LogP contribution in [0.1, 0.15) is 58.3 Å². The number of nitrogens with zero attached hydrogens (tertiary/aromatic N) is 3. The Labute approximate surface area is 181 Å². The van der Waals surface area contributed by atoms with Gasteiger partial charge in [0, 0.05) is 26.1 Å². The predicted molar refractivity (Wildman–Crippen MR) is 115 cm³/mol. The summed E-state index contributed by atoms with van der Waals surface area (Å²) >= 11 is 0. The van der Waals surface area contributed by atoms with E-state index in [0.29, 0.717) is 24.2 Å². The summed E-state index contributed by atoms with van der Waals surface area (Å²) in [6, 6.07) is 1.02. The Balaban J connectivity index is 1.15. The molecule has 0 aromatic heterocycles. The van der Waals surface area contributed by atoms with Crippen LogP contribution in [0.2, 0.25) is 0 Å². The Kier molecular flexibility index (Phi) is 6.60. The molecule has 8 heteroatoms. The highest BCUT2D eigenvalue weighted by Gasteiger charge is 2.43. The molecule has 0 radical (unpaired) electrons. The van der Waals surface area contributed by atoms with Crippen LogP contribution >= 0.6 is 0 Å². The lowest BCUT2D eigenvalue weighted by atomic mass is 9.92. The number of hydrogen-bond donors (Lipinski definition) is 3. The lowest BCUT2D eigenvalue weighted by molar-refractivity contribution is -0.130. The molecule has 5 aliphatic heterocycles. The fourth-order valence-electron chi connectivity index (χ4n) is 6.48. The van der Waals surface area contributed by atoms with E-state index in [1.807, 2.05) is 4.90 Å². The third-order valence-corrected chi connectivity index (χ3v) is 8.21. The fraction of sp³-hybridized carbons (Fsp3) is 0.955. The summed E-state index contributed by atoms with van der Waals surface area (Å²) in [6.45, 7) is 8.23. The van der Waals surface area contributed by atoms with Crippen LogP contribution in [-0.4, -0.2) is 90.5 Å². The first-order valence-electron chi connectivity index (χ1n) is 12.3. The van der Waals surface area contributed by atoms with Gasteiger partial charge in [0.05, 0.1) is 18.4 Å². The summed E-state index contributed by atoms with van der Waals surface area (Å²) in [5, 5.41) is 7.56. The van der Waals surface area contributed by atoms with Gasteiger partial charge in [0.15, 0.2) is 0 Å². The lowest BCUT2D eigenvalue weighted by Gasteiger charge is -2.40. The largest absolute Gasteiger partial charge is 0.343 e. The molecule has 5 atom stereocenters. The maximum atomic E-state index is 11.7. The van der Waals surface area contributed by atoms with Crippen molar-refractivity contribution in [3.63, 3.8) is 0 Å². The van der Waals surface area contributed by atoms with E-state index in [1.54, 1.807) is 6.92 Å². The molecule has 5 aliphatic rings. The number of amides is 1. The molecule has 3 N–H and O–H groups in total. The first-order chi connectivity index (χ1) is 14.7. The van der Waals surface area contributed by atoms with Crippen LogP contribution in [0.25, 0.3) is 0 Å². The topological polar surface area (TPSA) is 72.1 Å². The van der Waals surface area contributed by atoms with Crippen molar-refractivity contribution in [1.29, 1.82) is 0 Å². The molecule has 30 heavy (non-hydrogen) atoms. The lowest BCUT2D eigenvalue weighted by Crippen LogP contribution is -2.55. The smallest absolute Gasteiger partial charge is 0.219 e. The zero-order valence-electron chi connectivity index (χ0n) is 18.5. The van der Waals surface area contributed by atoms with E-state index in [0.717, 1.165) is 39.0 Å². The summed E-state index contributed by atoms with van der Waals surface area (Å²) in [4.78, 5) is 25.1. The quantitative estimate of drug-likeness (QED) is 0.617. The van der Waals surface area contributed by atoms with E-state index < -0.39 is 0 Å². The zero-order chi connectivity index (χ0) is 20.5. The van der Waals surface area contributed by atoms with Crippen LogP contribution in [0.5, 0.6) is 0 Å². The van der Waals surface area contributed by atoms with Gasteiger partial charge >= 0.3 is 0 Å². The van der Waals surface area contributed by atoms with Crippen molar-refractivity contribution in [2.24, 2.45) is 5.92 Å². The number of hydroxylamine groups is 1. The highest BCUT2D eigenvalue weighted by atomic mass is 16.7. The van der Waals surface area contributed by atoms with Crippen LogP contribution < -0.4 is 16.1 Å². The minimum Gasteiger partial charge on any atom is -0.343 e. The van der Waals surface area contributed by atoms with Gasteiger partial charge in [0.25, 0.3) is 0 Å². The summed E-state index contributed by atoms with van der Waals surface area (Å²) in [7, 11) is 0. The van der Waals surface area contributed by atoms with Crippen LogP contribution in [0.15, 0.2) is 0 Å². The van der Waals surface area contributed by atoms with E-state index in [9.17, 15) is 4.79 Å². The molecule has 0 aliphatic carbocycles. The van der Waals surface area contributed by atoms with Gasteiger partial charge in [0.2, 0.25) is 5.91 Å². The van der Waals surface area contributed by atoms with Crippen LogP contribution in [-0.2, 0) is 9.63 Å². The number of carbonyl (C=O) groups excluding carboxylic acids is 1. The SMILES string of the molecule is CC(=O)N1CCC(N2CCC[C@H]2C2NC(C3CCNC(N4CCCC4)C3)NO2)CC1. The number of piperidine rings is 2. The molecule has 0 spiro atoms. The van der Waals surface area contributed by atoms with Gasteiger partial charge in [-0.3, -0.25) is 24.7 Å². The van der Waals surface area contributed by atoms with Gasteiger partial charge in [-0.25, -0.2) is 0 Å². The van der Waals surface area contributed by atoms with E-state index in [2.05, 4.69) is 25.9 Å². The molecule has 5 saturated heterocycles. The molecule has 0 aromatic rings. The van der Waals surface area contributed by atoms with Crippen molar-refractivity contribution >= 4 is 5.91 Å². The maximum Gasteiger partial charge on any atom is 0.219 e. The summed E-state index contributed by atoms with van der Waals surface area (Å²) < 4.78 is 0. The van der Waals surface area contributed by atoms with Gasteiger partial charge in [-0.15, -0.1) is 0 Å². The first kappa shape index (κ1) is 21.1. The third-order valence-electron chi connectivity index (χ3n) is 8.21. The van der Waals surface area contributed by atoms with Gasteiger partial charge < -0.3 is 10.2 Å². The van der Waals surface area contributed by atoms with Crippen molar-refractivity contribution in [2.45, 2.75) is 88.9 Å². The second-order valence-corrected chi connectivity index (χ2v) is 9.98. The fourth-order valence-corrected chi connectivity index (χ4v) is 6.48. The summed E-state index contributed by atoms with van der Waals surface area (Å²) in [5.41, 5.74) is 3.37. The maximum absolute atomic E-state index is 11.7. The Morgan fingerprint density at radius 1 is 0.967 bits per heavy atom. The minimum absolute atomic E-state index is 0.0726. The van der Waals surface area contributed by atoms with Gasteiger partial charge in [0.1, 0.15) is 6.23 Å². The molecule has 5 heterocycles. The highest BCUT2D eigenvalue weighted by molar-refractivity contribution is 5.73. The Hall–Kier alpha value is -0.770. The van der Waals surface area contributed by atoms with Crippen molar-refractivity contribution in [3.8, 4) is 0 Å². The van der Waals surface area contributed by atoms with Gasteiger partial charge in [-0.1, -0.05) is 0 Å². The van der Waals surface area contributed by atoms with E-state index in [4.69, 9.17) is 4.84 Å². The van der Waals surface area contributed by atoms with Crippen LogP contribution in [0.3, 0.4) is 0 Å². The van der Waals surface area contributed by atoms with Crippen molar-refractivity contribution in [3.05, 3.63) is 0 Å². The molecule has 170 valence electrons. The van der Waals surface area contributed by atoms with Crippen LogP contribution in [0, 0.1) is 5.92 Å². The summed E-state index contributed by atoms with van der Waals surface area (Å²) in [5.74, 6) is 0.823. The molecule has 5 rings (SSSR count). The normalized spacial score (nSPS) is 39.8. The Bertz CT molecular complexity index is 592. The van der Waals surface area contributed by atoms with E-state index in [-0.39, 0.29) is 18.3 Å². The second-order valence-electron chi connectivity index (χ2n) is 9.98. The highest BCUT2D eigenvalue weighted by Crippen LogP contribution is 2.31. The average molecular weight is 421 g/mol. The molecule has 0 bridgehead atoms. The molecular formula is C22H40N6O2. The van der Waals surface area contributed by atoms with E-state index in [1.165, 1.54) is 51.6 Å². The minimum atomic E-state index is 0.0726. The molecule has 5 fully saturated rings. The Morgan fingerprint density at radius 2 is 1.77 bits per heavy atom. The number of nitrogens with one attached hydrogen (secondary N) is 3. The molecule has 8 nitrogen and oxygen atoms in total. The third kappa shape index (κ3) is 4.40. The molecule has 4 unspecified atom stereocenters. The average Bonchev–Trinajstić information content (AvgIpc) is 3.55. The monoisotopic (exact) mass is 420 g/mol. The number of rotatable bonds is 4. The number of likely N-dealkylation sites (tertiary alicyclic amines) is 3. The van der Waals surface area contributed by atoms with E-state index >= 15 is 0 Å². The van der Waals surface area contributed by atoms with Gasteiger partial charge in [-0.05, 0) is 83.5 Å². The zero-order valence-corrected chi connectivity index (χ0v) is 18.5. The van der Waals surface area contributed by atoms with Crippen molar-refractivity contribution in [2.75, 3.05) is 39.3 Å². The van der Waals surface area contributed by atoms with Crippen molar-refractivity contribution < 1.29 is 9.63 Å². The summed E-state index contributed by atoms with van der Waals surface area (Å²) in [6.07, 6.45) is 10.6. The molecular weight excluding hydrogens is 380 g/mol. The Morgan fingerprint density at radius 3 is 2.53 bits per heavy atom. The molecule has 1 amide bonds. The van der Waals surface area contributed by atoms with Gasteiger partial charge in [-0.2, -0.15) is 5.48 Å². The predicted octanol–water partition coefficient (Wildman–Crippen LogP) is 0.660.